The van der Waals surface area contributed by atoms with E-state index in [9.17, 15) is 13.6 Å². The Kier molecular flexibility index (Phi) is 4.62. The Labute approximate surface area is 151 Å². The molecule has 1 aromatic carbocycles. The molecule has 1 saturated heterocycles. The van der Waals surface area contributed by atoms with Crippen molar-refractivity contribution in [1.29, 1.82) is 0 Å². The number of anilines is 2. The number of hydrogen-bond acceptors (Lipinski definition) is 5. The van der Waals surface area contributed by atoms with Gasteiger partial charge in [-0.2, -0.15) is 8.78 Å². The molecule has 1 spiro atoms. The van der Waals surface area contributed by atoms with Gasteiger partial charge in [-0.15, -0.1) is 0 Å². The number of alkyl halides is 2. The summed E-state index contributed by atoms with van der Waals surface area (Å²) in [6.45, 7) is 4.35. The first-order chi connectivity index (χ1) is 12.1. The topological polar surface area (TPSA) is 68.0 Å². The van der Waals surface area contributed by atoms with Gasteiger partial charge in [-0.1, -0.05) is 0 Å². The molecule has 2 N–H and O–H groups in total. The Bertz CT molecular complexity index is 687. The first kappa shape index (κ1) is 18.5. The van der Waals surface area contributed by atoms with Gasteiger partial charge in [-0.25, -0.2) is 4.79 Å². The standard InChI is InChI=1S/C18H25F2N3O3/c1-17(2,3)26-16(24)23-9-8-22(11-18(23)6-7-18)12-4-5-13(21)14(10-12)25-15(19)20/h4-5,10,15H,6-9,11,21H2,1-3H3. The minimum atomic E-state index is -2.92. The van der Waals surface area contributed by atoms with Gasteiger partial charge >= 0.3 is 12.7 Å². The van der Waals surface area contributed by atoms with Crippen molar-refractivity contribution in [3.05, 3.63) is 18.2 Å². The monoisotopic (exact) mass is 369 g/mol. The minimum Gasteiger partial charge on any atom is -0.444 e. The normalized spacial score (nSPS) is 19.0. The van der Waals surface area contributed by atoms with E-state index in [1.807, 2.05) is 25.7 Å². The Morgan fingerprint density at radius 2 is 1.96 bits per heavy atom. The molecule has 3 rings (SSSR count). The lowest BCUT2D eigenvalue weighted by atomic mass is 10.1. The van der Waals surface area contributed by atoms with Crippen molar-refractivity contribution >= 4 is 17.5 Å². The van der Waals surface area contributed by atoms with Crippen LogP contribution in [0.5, 0.6) is 5.75 Å². The molecule has 1 heterocycles. The fourth-order valence-corrected chi connectivity index (χ4v) is 3.29. The van der Waals surface area contributed by atoms with E-state index in [1.54, 1.807) is 12.1 Å². The van der Waals surface area contributed by atoms with E-state index in [0.29, 0.717) is 19.6 Å². The highest BCUT2D eigenvalue weighted by Gasteiger charge is 2.54. The number of carbonyl (C=O) groups excluding carboxylic acids is 1. The third-order valence-corrected chi connectivity index (χ3v) is 4.67. The van der Waals surface area contributed by atoms with Gasteiger partial charge in [-0.3, -0.25) is 4.90 Å². The van der Waals surface area contributed by atoms with Crippen molar-refractivity contribution in [1.82, 2.24) is 4.90 Å². The number of benzene rings is 1. The molecule has 144 valence electrons. The molecule has 1 amide bonds. The summed E-state index contributed by atoms with van der Waals surface area (Å²) >= 11 is 0. The second kappa shape index (κ2) is 6.48. The summed E-state index contributed by atoms with van der Waals surface area (Å²) in [6.07, 6.45) is 1.50. The molecular weight excluding hydrogens is 344 g/mol. The zero-order chi connectivity index (χ0) is 19.1. The van der Waals surface area contributed by atoms with Crippen LogP contribution in [0.15, 0.2) is 18.2 Å². The van der Waals surface area contributed by atoms with Crippen molar-refractivity contribution < 1.29 is 23.0 Å². The highest BCUT2D eigenvalue weighted by molar-refractivity contribution is 5.71. The largest absolute Gasteiger partial charge is 0.444 e. The molecule has 0 bridgehead atoms. The maximum absolute atomic E-state index is 12.5. The predicted octanol–water partition coefficient (Wildman–Crippen LogP) is 3.46. The van der Waals surface area contributed by atoms with Crippen LogP contribution in [-0.2, 0) is 4.74 Å². The molecule has 26 heavy (non-hydrogen) atoms. The van der Waals surface area contributed by atoms with Gasteiger partial charge < -0.3 is 20.1 Å². The van der Waals surface area contributed by atoms with Gasteiger partial charge in [0, 0.05) is 31.4 Å². The molecule has 8 heteroatoms. The van der Waals surface area contributed by atoms with Gasteiger partial charge in [0.05, 0.1) is 11.2 Å². The molecule has 1 aliphatic carbocycles. The molecular formula is C18H25F2N3O3. The molecule has 0 unspecified atom stereocenters. The van der Waals surface area contributed by atoms with E-state index < -0.39 is 12.2 Å². The van der Waals surface area contributed by atoms with E-state index in [4.69, 9.17) is 10.5 Å². The van der Waals surface area contributed by atoms with E-state index in [0.717, 1.165) is 18.5 Å². The van der Waals surface area contributed by atoms with Crippen LogP contribution in [0.2, 0.25) is 0 Å². The van der Waals surface area contributed by atoms with E-state index in [1.165, 1.54) is 6.07 Å². The Balaban J connectivity index is 1.73. The summed E-state index contributed by atoms with van der Waals surface area (Å²) in [5.41, 5.74) is 5.85. The van der Waals surface area contributed by atoms with E-state index in [2.05, 4.69) is 9.64 Å². The van der Waals surface area contributed by atoms with Crippen LogP contribution in [0.3, 0.4) is 0 Å². The van der Waals surface area contributed by atoms with Crippen molar-refractivity contribution in [2.24, 2.45) is 0 Å². The molecule has 0 atom stereocenters. The second-order valence-corrected chi connectivity index (χ2v) is 7.88. The van der Waals surface area contributed by atoms with Gasteiger partial charge in [0.15, 0.2) is 5.75 Å². The molecule has 2 aliphatic rings. The number of nitrogens with two attached hydrogens (primary N) is 1. The van der Waals surface area contributed by atoms with Crippen LogP contribution in [0.25, 0.3) is 0 Å². The lowest BCUT2D eigenvalue weighted by Crippen LogP contribution is -2.58. The first-order valence-corrected chi connectivity index (χ1v) is 8.70. The smallest absolute Gasteiger partial charge is 0.410 e. The lowest BCUT2D eigenvalue weighted by molar-refractivity contribution is -0.0493. The average molecular weight is 369 g/mol. The number of nitrogens with zero attached hydrogens (tertiary/aromatic N) is 2. The van der Waals surface area contributed by atoms with Crippen molar-refractivity contribution in [3.8, 4) is 5.75 Å². The minimum absolute atomic E-state index is 0.0306. The zero-order valence-electron chi connectivity index (χ0n) is 15.3. The number of piperazine rings is 1. The average Bonchev–Trinajstić information content (AvgIpc) is 3.26. The third-order valence-electron chi connectivity index (χ3n) is 4.67. The van der Waals surface area contributed by atoms with Gasteiger partial charge in [0.1, 0.15) is 5.60 Å². The van der Waals surface area contributed by atoms with Gasteiger partial charge in [0.2, 0.25) is 0 Å². The van der Waals surface area contributed by atoms with Crippen molar-refractivity contribution in [2.45, 2.75) is 51.4 Å². The number of hydrogen-bond donors (Lipinski definition) is 1. The highest BCUT2D eigenvalue weighted by atomic mass is 19.3. The highest BCUT2D eigenvalue weighted by Crippen LogP contribution is 2.46. The quantitative estimate of drug-likeness (QED) is 0.827. The third kappa shape index (κ3) is 3.94. The molecule has 1 aromatic rings. The molecule has 1 saturated carbocycles. The van der Waals surface area contributed by atoms with Crippen LogP contribution in [-0.4, -0.2) is 48.4 Å². The number of ether oxygens (including phenoxy) is 2. The van der Waals surface area contributed by atoms with Crippen molar-refractivity contribution in [3.63, 3.8) is 0 Å². The predicted molar refractivity (Wildman–Crippen MR) is 94.6 cm³/mol. The maximum Gasteiger partial charge on any atom is 0.410 e. The number of amides is 1. The summed E-state index contributed by atoms with van der Waals surface area (Å²) in [6, 6.07) is 4.88. The number of rotatable bonds is 3. The van der Waals surface area contributed by atoms with Crippen molar-refractivity contribution in [2.75, 3.05) is 30.3 Å². The Hall–Kier alpha value is -2.25. The van der Waals surface area contributed by atoms with Gasteiger partial charge in [-0.05, 0) is 45.7 Å². The van der Waals surface area contributed by atoms with Crippen LogP contribution in [0, 0.1) is 0 Å². The molecule has 0 aromatic heterocycles. The number of carbonyl (C=O) groups is 1. The van der Waals surface area contributed by atoms with Crippen LogP contribution in [0.1, 0.15) is 33.6 Å². The molecule has 1 aliphatic heterocycles. The van der Waals surface area contributed by atoms with Crippen LogP contribution < -0.4 is 15.4 Å². The van der Waals surface area contributed by atoms with Crippen LogP contribution in [0.4, 0.5) is 25.0 Å². The zero-order valence-corrected chi connectivity index (χ0v) is 15.3. The fourth-order valence-electron chi connectivity index (χ4n) is 3.29. The summed E-state index contributed by atoms with van der Waals surface area (Å²) in [7, 11) is 0. The molecule has 0 radical (unpaired) electrons. The Morgan fingerprint density at radius 1 is 1.27 bits per heavy atom. The second-order valence-electron chi connectivity index (χ2n) is 7.88. The maximum atomic E-state index is 12.5. The van der Waals surface area contributed by atoms with Gasteiger partial charge in [0.25, 0.3) is 0 Å². The van der Waals surface area contributed by atoms with E-state index in [-0.39, 0.29) is 23.1 Å². The van der Waals surface area contributed by atoms with Crippen LogP contribution >= 0.6 is 0 Å². The summed E-state index contributed by atoms with van der Waals surface area (Å²) < 4.78 is 35.1. The number of nitrogen functional groups attached to an aromatic ring is 1. The first-order valence-electron chi connectivity index (χ1n) is 8.70. The fraction of sp³-hybridized carbons (Fsp3) is 0.611. The summed E-state index contributed by atoms with van der Waals surface area (Å²) in [5.74, 6) is -0.0306. The van der Waals surface area contributed by atoms with E-state index >= 15 is 0 Å². The SMILES string of the molecule is CC(C)(C)OC(=O)N1CCN(c2ccc(N)c(OC(F)F)c2)CC12CC2. The Morgan fingerprint density at radius 3 is 2.54 bits per heavy atom. The molecule has 6 nitrogen and oxygen atoms in total. The number of halogens is 2. The molecule has 2 fully saturated rings. The lowest BCUT2D eigenvalue weighted by Gasteiger charge is -2.43. The summed E-state index contributed by atoms with van der Waals surface area (Å²) in [4.78, 5) is 16.4. The summed E-state index contributed by atoms with van der Waals surface area (Å²) in [5, 5.41) is 0.